The fraction of sp³-hybridized carbons (Fsp3) is 0.244. The summed E-state index contributed by atoms with van der Waals surface area (Å²) in [5.41, 5.74) is 9.91. The molecule has 0 atom stereocenters. The molecule has 272 valence electrons. The van der Waals surface area contributed by atoms with Crippen LogP contribution in [0.3, 0.4) is 0 Å². The second kappa shape index (κ2) is 21.0. The first-order chi connectivity index (χ1) is 25.0. The molecule has 0 unspecified atom stereocenters. The van der Waals surface area contributed by atoms with Gasteiger partial charge in [0, 0.05) is 48.7 Å². The van der Waals surface area contributed by atoms with Gasteiger partial charge in [0.25, 0.3) is 0 Å². The van der Waals surface area contributed by atoms with Crippen LogP contribution in [0.5, 0.6) is 0 Å². The third-order valence-electron chi connectivity index (χ3n) is 8.80. The van der Waals surface area contributed by atoms with Crippen LogP contribution in [-0.4, -0.2) is 62.1 Å². The number of anilines is 2. The summed E-state index contributed by atoms with van der Waals surface area (Å²) in [4.78, 5) is 4.50. The van der Waals surface area contributed by atoms with Crippen molar-refractivity contribution in [1.82, 2.24) is 0 Å². The molecule has 1 aliphatic rings. The number of hydrogen-bond donors (Lipinski definition) is 0. The van der Waals surface area contributed by atoms with Crippen molar-refractivity contribution in [3.63, 3.8) is 0 Å². The Morgan fingerprint density at radius 3 is 1.74 bits per heavy atom. The average molecular weight is 762 g/mol. The zero-order chi connectivity index (χ0) is 37.7. The molecule has 0 radical (unpaired) electrons. The van der Waals surface area contributed by atoms with Gasteiger partial charge in [0.15, 0.2) is 12.3 Å². The summed E-state index contributed by atoms with van der Waals surface area (Å²) in [5, 5.41) is 0. The Morgan fingerprint density at radius 2 is 1.26 bits per heavy atom. The molecule has 0 fully saturated rings. The molecular weight excluding hydrogens is 718 g/mol. The molecule has 0 bridgehead atoms. The SMILES string of the molecule is CCN(CC)c1ccc(C(=C2C=CC(=[N+](CC)Cc3cccc(S(=O)(=O)[O-])c3)C=C2)c2ccc(N(CC)Cc3c[c-]ccc3)cc2)cc1.O=S(=O)=O.[Na+]. The first-order valence-electron chi connectivity index (χ1n) is 17.2. The van der Waals surface area contributed by atoms with Gasteiger partial charge in [0.05, 0.1) is 4.90 Å². The summed E-state index contributed by atoms with van der Waals surface area (Å²) in [5.74, 6) is 0. The Bertz CT molecular complexity index is 2140. The van der Waals surface area contributed by atoms with Crippen LogP contribution in [-0.2, 0) is 33.8 Å². The van der Waals surface area contributed by atoms with E-state index in [2.05, 4.69) is 127 Å². The topological polar surface area (TPSA) is 118 Å². The van der Waals surface area contributed by atoms with Crippen LogP contribution >= 0.6 is 0 Å². The van der Waals surface area contributed by atoms with E-state index < -0.39 is 20.7 Å². The Kier molecular flexibility index (Phi) is 17.1. The predicted molar refractivity (Wildman–Crippen MR) is 206 cm³/mol. The molecular formula is C41H44N3NaO6S2. The minimum atomic E-state index is -4.51. The van der Waals surface area contributed by atoms with E-state index in [-0.39, 0.29) is 34.5 Å². The Hall–Kier alpha value is -4.10. The smallest absolute Gasteiger partial charge is 0.744 e. The van der Waals surface area contributed by atoms with E-state index in [1.54, 1.807) is 6.07 Å². The zero-order valence-electron chi connectivity index (χ0n) is 30.9. The van der Waals surface area contributed by atoms with Gasteiger partial charge in [-0.1, -0.05) is 36.4 Å². The van der Waals surface area contributed by atoms with Crippen LogP contribution in [0.15, 0.2) is 132 Å². The van der Waals surface area contributed by atoms with E-state index in [0.29, 0.717) is 13.1 Å². The molecule has 53 heavy (non-hydrogen) atoms. The second-order valence-electron chi connectivity index (χ2n) is 11.9. The molecule has 1 aliphatic carbocycles. The normalized spacial score (nSPS) is 11.9. The van der Waals surface area contributed by atoms with Gasteiger partial charge in [-0.3, -0.25) is 0 Å². The van der Waals surface area contributed by atoms with Crippen molar-refractivity contribution in [2.75, 3.05) is 36.0 Å². The van der Waals surface area contributed by atoms with Crippen LogP contribution in [0.4, 0.5) is 11.4 Å². The summed E-state index contributed by atoms with van der Waals surface area (Å²) in [6.07, 6.45) is 8.54. The van der Waals surface area contributed by atoms with Gasteiger partial charge in [-0.2, -0.15) is 30.3 Å². The van der Waals surface area contributed by atoms with Crippen LogP contribution in [0.25, 0.3) is 5.57 Å². The first-order valence-corrected chi connectivity index (χ1v) is 19.6. The van der Waals surface area contributed by atoms with Crippen LogP contribution in [0.2, 0.25) is 0 Å². The third kappa shape index (κ3) is 12.5. The van der Waals surface area contributed by atoms with Crippen molar-refractivity contribution >= 4 is 43.4 Å². The molecule has 0 saturated carbocycles. The molecule has 12 heteroatoms. The molecule has 0 aromatic heterocycles. The summed E-state index contributed by atoms with van der Waals surface area (Å²) < 4.78 is 62.3. The van der Waals surface area contributed by atoms with Gasteiger partial charge < -0.3 is 14.4 Å². The Balaban J connectivity index is 0.00000144. The molecule has 9 nitrogen and oxygen atoms in total. The van der Waals surface area contributed by atoms with Crippen molar-refractivity contribution in [2.45, 2.75) is 45.7 Å². The van der Waals surface area contributed by atoms with Gasteiger partial charge in [-0.25, -0.2) is 13.0 Å². The van der Waals surface area contributed by atoms with Crippen molar-refractivity contribution in [2.24, 2.45) is 0 Å². The maximum atomic E-state index is 11.6. The maximum absolute atomic E-state index is 11.6. The van der Waals surface area contributed by atoms with Crippen LogP contribution in [0.1, 0.15) is 49.9 Å². The summed E-state index contributed by atoms with van der Waals surface area (Å²) >= 11 is 0. The molecule has 5 rings (SSSR count). The van der Waals surface area contributed by atoms with Gasteiger partial charge in [-0.05, 0) is 105 Å². The van der Waals surface area contributed by atoms with Gasteiger partial charge >= 0.3 is 40.2 Å². The molecule has 0 saturated heterocycles. The van der Waals surface area contributed by atoms with Crippen molar-refractivity contribution in [1.29, 1.82) is 0 Å². The first kappa shape index (κ1) is 43.3. The molecule has 0 amide bonds. The van der Waals surface area contributed by atoms with E-state index in [9.17, 15) is 13.0 Å². The largest absolute Gasteiger partial charge is 1.00 e. The molecule has 0 spiro atoms. The second-order valence-corrected chi connectivity index (χ2v) is 13.7. The minimum absolute atomic E-state index is 0. The molecule has 4 aromatic rings. The average Bonchev–Trinajstić information content (AvgIpc) is 3.15. The molecule has 0 heterocycles. The van der Waals surface area contributed by atoms with Crippen molar-refractivity contribution < 1.29 is 59.7 Å². The fourth-order valence-electron chi connectivity index (χ4n) is 6.15. The van der Waals surface area contributed by atoms with E-state index in [1.165, 1.54) is 29.1 Å². The van der Waals surface area contributed by atoms with Crippen molar-refractivity contribution in [3.05, 3.63) is 155 Å². The standard InChI is InChI=1S/C41H45N3O3S.Na.O3S/c1-5-42(6-2)37-23-17-34(18-24-37)41(35-19-25-38(26-20-35)43(7-3)30-32-13-10-9-11-14-32)36-21-27-39(28-22-36)44(8-4)31-33-15-12-16-40(29-33)48(45,46)47;;1-4(2)3/h9-10,12-29H,5-8,30-31H2,1-4H3,(H,45,46,47);;/q;+1;/p-1. The Labute approximate surface area is 337 Å². The predicted octanol–water partition coefficient (Wildman–Crippen LogP) is 3.86. The molecule has 0 aliphatic heterocycles. The maximum Gasteiger partial charge on any atom is 1.00 e. The zero-order valence-corrected chi connectivity index (χ0v) is 34.5. The number of allylic oxidation sites excluding steroid dienone is 5. The summed E-state index contributed by atoms with van der Waals surface area (Å²) in [6.45, 7) is 13.4. The summed E-state index contributed by atoms with van der Waals surface area (Å²) in [6, 6.07) is 35.3. The van der Waals surface area contributed by atoms with Crippen molar-refractivity contribution in [3.8, 4) is 0 Å². The molecule has 0 N–H and O–H groups in total. The van der Waals surface area contributed by atoms with Crippen LogP contribution < -0.4 is 39.4 Å². The minimum Gasteiger partial charge on any atom is -0.744 e. The van der Waals surface area contributed by atoms with Gasteiger partial charge in [0.2, 0.25) is 0 Å². The van der Waals surface area contributed by atoms with Gasteiger partial charge in [0.1, 0.15) is 16.7 Å². The number of nitrogens with zero attached hydrogens (tertiary/aromatic N) is 3. The van der Waals surface area contributed by atoms with E-state index in [4.69, 9.17) is 12.6 Å². The number of benzene rings is 4. The Morgan fingerprint density at radius 1 is 0.736 bits per heavy atom. The number of hydrogen-bond acceptors (Lipinski definition) is 8. The number of rotatable bonds is 13. The summed E-state index contributed by atoms with van der Waals surface area (Å²) in [7, 11) is -7.62. The monoisotopic (exact) mass is 761 g/mol. The quantitative estimate of drug-likeness (QED) is 0.0874. The van der Waals surface area contributed by atoms with E-state index in [0.717, 1.165) is 59.7 Å². The van der Waals surface area contributed by atoms with E-state index in [1.807, 2.05) is 24.3 Å². The molecule has 4 aromatic carbocycles. The van der Waals surface area contributed by atoms with E-state index >= 15 is 0 Å². The van der Waals surface area contributed by atoms with Gasteiger partial charge in [-0.15, -0.1) is 18.2 Å². The van der Waals surface area contributed by atoms with Crippen LogP contribution in [0, 0.1) is 6.07 Å². The fourth-order valence-corrected chi connectivity index (χ4v) is 6.69. The third-order valence-corrected chi connectivity index (χ3v) is 9.63.